The molecular weight excluding hydrogens is 354 g/mol. The van der Waals surface area contributed by atoms with Gasteiger partial charge in [0.1, 0.15) is 0 Å². The Morgan fingerprint density at radius 1 is 0.964 bits per heavy atom. The minimum absolute atomic E-state index is 0.351. The van der Waals surface area contributed by atoms with Crippen molar-refractivity contribution in [2.24, 2.45) is 4.99 Å². The van der Waals surface area contributed by atoms with Gasteiger partial charge in [0.25, 0.3) is 0 Å². The van der Waals surface area contributed by atoms with Gasteiger partial charge in [0.15, 0.2) is 17.6 Å². The summed E-state index contributed by atoms with van der Waals surface area (Å²) in [6.07, 6.45) is 0.637. The normalized spacial score (nSPS) is 11.9. The molecule has 3 aromatic rings. The number of aliphatic carboxylic acids is 1. The van der Waals surface area contributed by atoms with Crippen molar-refractivity contribution in [3.8, 4) is 22.6 Å². The molecule has 0 fully saturated rings. The summed E-state index contributed by atoms with van der Waals surface area (Å²) in [7, 11) is 1.51. The molecule has 0 aliphatic rings. The zero-order valence-electron chi connectivity index (χ0n) is 15.7. The van der Waals surface area contributed by atoms with Gasteiger partial charge in [-0.05, 0) is 42.3 Å². The summed E-state index contributed by atoms with van der Waals surface area (Å²) in [5.74, 6) is -0.244. The summed E-state index contributed by atoms with van der Waals surface area (Å²) >= 11 is 0. The second-order valence-electron chi connectivity index (χ2n) is 6.15. The van der Waals surface area contributed by atoms with Crippen LogP contribution in [-0.4, -0.2) is 30.5 Å². The molecule has 0 unspecified atom stereocenters. The fraction of sp³-hybridized carbons (Fsp3) is 0.130. The van der Waals surface area contributed by atoms with Crippen molar-refractivity contribution in [1.82, 2.24) is 0 Å². The Balaban J connectivity index is 1.84. The van der Waals surface area contributed by atoms with Crippen LogP contribution in [0.1, 0.15) is 12.5 Å². The minimum atomic E-state index is -1.05. The first-order valence-corrected chi connectivity index (χ1v) is 8.84. The number of ether oxygens (including phenoxy) is 2. The molecule has 0 heterocycles. The number of carbonyl (C=O) groups is 1. The SMILES string of the molecule is COc1cccc(C=Nc2ccc(-c3ccccc3)cc2)c1O[C@H](C)C(=O)O. The van der Waals surface area contributed by atoms with Crippen LogP contribution in [0, 0.1) is 0 Å². The number of aliphatic imine (C=N–C) groups is 1. The average Bonchev–Trinajstić information content (AvgIpc) is 2.73. The Morgan fingerprint density at radius 3 is 2.29 bits per heavy atom. The minimum Gasteiger partial charge on any atom is -0.493 e. The van der Waals surface area contributed by atoms with Crippen molar-refractivity contribution >= 4 is 17.9 Å². The van der Waals surface area contributed by atoms with Crippen LogP contribution >= 0.6 is 0 Å². The van der Waals surface area contributed by atoms with E-state index in [1.165, 1.54) is 14.0 Å². The van der Waals surface area contributed by atoms with Crippen molar-refractivity contribution in [2.45, 2.75) is 13.0 Å². The highest BCUT2D eigenvalue weighted by Gasteiger charge is 2.17. The predicted octanol–water partition coefficient (Wildman–Crippen LogP) is 4.96. The van der Waals surface area contributed by atoms with Crippen LogP contribution in [0.2, 0.25) is 0 Å². The Bertz CT molecular complexity index is 966. The monoisotopic (exact) mass is 375 g/mol. The van der Waals surface area contributed by atoms with Gasteiger partial charge in [-0.2, -0.15) is 0 Å². The Kier molecular flexibility index (Phi) is 6.07. The predicted molar refractivity (Wildman–Crippen MR) is 110 cm³/mol. The van der Waals surface area contributed by atoms with Gasteiger partial charge >= 0.3 is 5.97 Å². The molecular formula is C23H21NO4. The molecule has 142 valence electrons. The highest BCUT2D eigenvalue weighted by molar-refractivity contribution is 5.87. The van der Waals surface area contributed by atoms with Gasteiger partial charge in [0, 0.05) is 11.8 Å². The molecule has 1 N–H and O–H groups in total. The molecule has 0 amide bonds. The van der Waals surface area contributed by atoms with Gasteiger partial charge in [0.2, 0.25) is 0 Å². The maximum Gasteiger partial charge on any atom is 0.344 e. The zero-order valence-corrected chi connectivity index (χ0v) is 15.7. The zero-order chi connectivity index (χ0) is 19.9. The maximum atomic E-state index is 11.1. The summed E-state index contributed by atoms with van der Waals surface area (Å²) in [6, 6.07) is 23.3. The number of nitrogens with zero attached hydrogens (tertiary/aromatic N) is 1. The van der Waals surface area contributed by atoms with Crippen molar-refractivity contribution in [3.05, 3.63) is 78.4 Å². The second-order valence-corrected chi connectivity index (χ2v) is 6.15. The highest BCUT2D eigenvalue weighted by atomic mass is 16.5. The Hall–Kier alpha value is -3.60. The standard InChI is InChI=1S/C23H21NO4/c1-16(23(25)26)28-22-19(9-6-10-21(22)27-2)15-24-20-13-11-18(12-14-20)17-7-4-3-5-8-17/h3-16H,1-2H3,(H,25,26)/t16-/m1/s1. The van der Waals surface area contributed by atoms with Crippen LogP contribution in [-0.2, 0) is 4.79 Å². The lowest BCUT2D eigenvalue weighted by Crippen LogP contribution is -2.23. The van der Waals surface area contributed by atoms with Crippen molar-refractivity contribution in [3.63, 3.8) is 0 Å². The van der Waals surface area contributed by atoms with Crippen molar-refractivity contribution in [1.29, 1.82) is 0 Å². The average molecular weight is 375 g/mol. The van der Waals surface area contributed by atoms with E-state index in [0.29, 0.717) is 17.1 Å². The van der Waals surface area contributed by atoms with Crippen LogP contribution in [0.15, 0.2) is 77.8 Å². The molecule has 0 aliphatic carbocycles. The molecule has 28 heavy (non-hydrogen) atoms. The largest absolute Gasteiger partial charge is 0.493 e. The lowest BCUT2D eigenvalue weighted by molar-refractivity contribution is -0.144. The molecule has 0 saturated carbocycles. The summed E-state index contributed by atoms with van der Waals surface area (Å²) in [5.41, 5.74) is 3.67. The van der Waals surface area contributed by atoms with Gasteiger partial charge in [0.05, 0.1) is 12.8 Å². The topological polar surface area (TPSA) is 68.1 Å². The van der Waals surface area contributed by atoms with E-state index in [2.05, 4.69) is 17.1 Å². The van der Waals surface area contributed by atoms with Crippen LogP contribution < -0.4 is 9.47 Å². The van der Waals surface area contributed by atoms with Crippen molar-refractivity contribution in [2.75, 3.05) is 7.11 Å². The fourth-order valence-electron chi connectivity index (χ4n) is 2.66. The summed E-state index contributed by atoms with van der Waals surface area (Å²) in [4.78, 5) is 15.6. The quantitative estimate of drug-likeness (QED) is 0.592. The lowest BCUT2D eigenvalue weighted by Gasteiger charge is -2.15. The van der Waals surface area contributed by atoms with Crippen LogP contribution in [0.5, 0.6) is 11.5 Å². The van der Waals surface area contributed by atoms with E-state index in [9.17, 15) is 4.79 Å². The number of hydrogen-bond acceptors (Lipinski definition) is 4. The smallest absolute Gasteiger partial charge is 0.344 e. The molecule has 3 rings (SSSR count). The third-order valence-electron chi connectivity index (χ3n) is 4.20. The van der Waals surface area contributed by atoms with Gasteiger partial charge in [-0.25, -0.2) is 4.79 Å². The first-order chi connectivity index (χ1) is 13.6. The van der Waals surface area contributed by atoms with E-state index >= 15 is 0 Å². The first-order valence-electron chi connectivity index (χ1n) is 8.84. The molecule has 3 aromatic carbocycles. The summed E-state index contributed by atoms with van der Waals surface area (Å²) in [6.45, 7) is 1.47. The molecule has 0 aromatic heterocycles. The van der Waals surface area contributed by atoms with Gasteiger partial charge in [-0.3, -0.25) is 4.99 Å². The molecule has 0 bridgehead atoms. The lowest BCUT2D eigenvalue weighted by atomic mass is 10.1. The van der Waals surface area contributed by atoms with Gasteiger partial charge < -0.3 is 14.6 Å². The molecule has 1 atom stereocenters. The highest BCUT2D eigenvalue weighted by Crippen LogP contribution is 2.31. The van der Waals surface area contributed by atoms with E-state index in [-0.39, 0.29) is 0 Å². The third kappa shape index (κ3) is 4.57. The molecule has 5 nitrogen and oxygen atoms in total. The molecule has 5 heteroatoms. The van der Waals surface area contributed by atoms with Crippen LogP contribution in [0.4, 0.5) is 5.69 Å². The Morgan fingerprint density at radius 2 is 1.64 bits per heavy atom. The van der Waals surface area contributed by atoms with Crippen LogP contribution in [0.3, 0.4) is 0 Å². The summed E-state index contributed by atoms with van der Waals surface area (Å²) in [5, 5.41) is 9.13. The summed E-state index contributed by atoms with van der Waals surface area (Å²) < 4.78 is 10.9. The number of benzene rings is 3. The van der Waals surface area contributed by atoms with Gasteiger partial charge in [-0.15, -0.1) is 0 Å². The van der Waals surface area contributed by atoms with E-state index in [1.807, 2.05) is 42.5 Å². The molecule has 0 radical (unpaired) electrons. The molecule has 0 spiro atoms. The molecule has 0 saturated heterocycles. The van der Waals surface area contributed by atoms with E-state index < -0.39 is 12.1 Å². The number of rotatable bonds is 7. The number of carboxylic acid groups (broad SMARTS) is 1. The van der Waals surface area contributed by atoms with Gasteiger partial charge in [-0.1, -0.05) is 48.5 Å². The Labute approximate surface area is 163 Å². The van der Waals surface area contributed by atoms with E-state index in [4.69, 9.17) is 14.6 Å². The number of para-hydroxylation sites is 1. The third-order valence-corrected chi connectivity index (χ3v) is 4.20. The number of methoxy groups -OCH3 is 1. The van der Waals surface area contributed by atoms with E-state index in [0.717, 1.165) is 16.8 Å². The van der Waals surface area contributed by atoms with Crippen LogP contribution in [0.25, 0.3) is 11.1 Å². The first kappa shape index (κ1) is 19.2. The fourth-order valence-corrected chi connectivity index (χ4v) is 2.66. The number of carboxylic acids is 1. The maximum absolute atomic E-state index is 11.1. The number of hydrogen-bond donors (Lipinski definition) is 1. The van der Waals surface area contributed by atoms with E-state index in [1.54, 1.807) is 24.4 Å². The van der Waals surface area contributed by atoms with Crippen molar-refractivity contribution < 1.29 is 19.4 Å². The molecule has 0 aliphatic heterocycles. The second kappa shape index (κ2) is 8.86.